The van der Waals surface area contributed by atoms with E-state index in [0.717, 1.165) is 12.8 Å². The number of anilines is 1. The van der Waals surface area contributed by atoms with Gasteiger partial charge in [0.1, 0.15) is 0 Å². The number of rotatable bonds is 10. The van der Waals surface area contributed by atoms with Gasteiger partial charge in [0, 0.05) is 0 Å². The van der Waals surface area contributed by atoms with E-state index in [9.17, 15) is 4.79 Å². The number of unbranched alkanes of at least 4 members (excludes halogenated alkanes) is 5. The van der Waals surface area contributed by atoms with Gasteiger partial charge in [0.25, 0.3) is 0 Å². The Balaban J connectivity index is 1.96. The maximum atomic E-state index is 11.4. The third-order valence-electron chi connectivity index (χ3n) is 2.50. The molecule has 0 bridgehead atoms. The predicted octanol–water partition coefficient (Wildman–Crippen LogP) is 3.12. The highest BCUT2D eigenvalue weighted by Gasteiger charge is 2.07. The van der Waals surface area contributed by atoms with E-state index >= 15 is 0 Å². The van der Waals surface area contributed by atoms with Gasteiger partial charge >= 0.3 is 5.97 Å². The van der Waals surface area contributed by atoms with E-state index in [4.69, 9.17) is 10.5 Å². The molecule has 0 aliphatic rings. The average molecular weight is 303 g/mol. The summed E-state index contributed by atoms with van der Waals surface area (Å²) < 4.78 is 5.85. The third-order valence-corrected chi connectivity index (χ3v) is 4.36. The number of esters is 1. The predicted molar refractivity (Wildman–Crippen MR) is 79.4 cm³/mol. The van der Waals surface area contributed by atoms with Crippen LogP contribution in [0, 0.1) is 0 Å². The molecule has 0 saturated carbocycles. The van der Waals surface area contributed by atoms with Crippen molar-refractivity contribution in [3.8, 4) is 0 Å². The van der Waals surface area contributed by atoms with E-state index in [0.29, 0.717) is 16.1 Å². The summed E-state index contributed by atoms with van der Waals surface area (Å²) in [6.45, 7) is 2.72. The number of nitrogens with two attached hydrogens (primary N) is 1. The molecule has 108 valence electrons. The van der Waals surface area contributed by atoms with Crippen LogP contribution >= 0.6 is 23.1 Å². The summed E-state index contributed by atoms with van der Waals surface area (Å²) >= 11 is 2.59. The lowest BCUT2D eigenvalue weighted by molar-refractivity contribution is -0.140. The Labute approximate surface area is 122 Å². The van der Waals surface area contributed by atoms with Crippen molar-refractivity contribution in [2.24, 2.45) is 0 Å². The largest absolute Gasteiger partial charge is 0.465 e. The van der Waals surface area contributed by atoms with Crippen LogP contribution in [-0.2, 0) is 9.53 Å². The van der Waals surface area contributed by atoms with Gasteiger partial charge in [-0.2, -0.15) is 0 Å². The lowest BCUT2D eigenvalue weighted by atomic mass is 10.1. The van der Waals surface area contributed by atoms with Crippen molar-refractivity contribution in [2.45, 2.75) is 49.8 Å². The number of hydrogen-bond acceptors (Lipinski definition) is 7. The number of carbonyl (C=O) groups is 1. The average Bonchev–Trinajstić information content (AvgIpc) is 2.81. The summed E-state index contributed by atoms with van der Waals surface area (Å²) in [5, 5.41) is 7.92. The second-order valence-corrected chi connectivity index (χ2v) is 6.41. The minimum Gasteiger partial charge on any atom is -0.465 e. The van der Waals surface area contributed by atoms with Crippen LogP contribution in [0.4, 0.5) is 5.13 Å². The van der Waals surface area contributed by atoms with Crippen LogP contribution in [0.2, 0.25) is 0 Å². The molecule has 0 atom stereocenters. The summed E-state index contributed by atoms with van der Waals surface area (Å²) in [6.07, 6.45) is 7.13. The number of thioether (sulfide) groups is 1. The zero-order chi connectivity index (χ0) is 13.9. The van der Waals surface area contributed by atoms with E-state index in [1.165, 1.54) is 48.8 Å². The molecule has 0 radical (unpaired) electrons. The van der Waals surface area contributed by atoms with Gasteiger partial charge < -0.3 is 10.5 Å². The van der Waals surface area contributed by atoms with Crippen LogP contribution in [0.25, 0.3) is 0 Å². The molecule has 1 aromatic rings. The van der Waals surface area contributed by atoms with E-state index < -0.39 is 0 Å². The highest BCUT2D eigenvalue weighted by molar-refractivity contribution is 8.01. The molecule has 0 spiro atoms. The molecular formula is C12H21N3O2S2. The molecule has 19 heavy (non-hydrogen) atoms. The van der Waals surface area contributed by atoms with Crippen LogP contribution in [-0.4, -0.2) is 28.5 Å². The van der Waals surface area contributed by atoms with Gasteiger partial charge in [-0.1, -0.05) is 62.1 Å². The fourth-order valence-electron chi connectivity index (χ4n) is 1.51. The quantitative estimate of drug-likeness (QED) is 0.406. The lowest BCUT2D eigenvalue weighted by Gasteiger charge is -2.03. The second-order valence-electron chi connectivity index (χ2n) is 4.18. The number of carbonyl (C=O) groups excluding carboxylic acids is 1. The Bertz CT molecular complexity index is 372. The van der Waals surface area contributed by atoms with Crippen molar-refractivity contribution in [1.82, 2.24) is 10.2 Å². The van der Waals surface area contributed by atoms with Crippen LogP contribution < -0.4 is 5.73 Å². The molecule has 0 aromatic carbocycles. The molecule has 1 rings (SSSR count). The van der Waals surface area contributed by atoms with Gasteiger partial charge in [-0.05, 0) is 6.42 Å². The first kappa shape index (κ1) is 16.2. The topological polar surface area (TPSA) is 78.1 Å². The zero-order valence-electron chi connectivity index (χ0n) is 11.3. The van der Waals surface area contributed by atoms with Crippen molar-refractivity contribution in [3.05, 3.63) is 0 Å². The minimum atomic E-state index is -0.202. The van der Waals surface area contributed by atoms with Gasteiger partial charge in [0.2, 0.25) is 5.13 Å². The Morgan fingerprint density at radius 2 is 2.00 bits per heavy atom. The fourth-order valence-corrected chi connectivity index (χ4v) is 2.94. The number of nitrogen functional groups attached to an aromatic ring is 1. The van der Waals surface area contributed by atoms with Crippen molar-refractivity contribution in [3.63, 3.8) is 0 Å². The summed E-state index contributed by atoms with van der Waals surface area (Å²) in [5.74, 6) is 0.0668. The second kappa shape index (κ2) is 10.0. The monoisotopic (exact) mass is 303 g/mol. The maximum Gasteiger partial charge on any atom is 0.316 e. The van der Waals surface area contributed by atoms with Crippen LogP contribution in [0.1, 0.15) is 45.4 Å². The van der Waals surface area contributed by atoms with E-state index in [1.54, 1.807) is 0 Å². The molecule has 0 unspecified atom stereocenters. The van der Waals surface area contributed by atoms with Crippen LogP contribution in [0.5, 0.6) is 0 Å². The number of ether oxygens (including phenoxy) is 1. The van der Waals surface area contributed by atoms with Crippen molar-refractivity contribution in [1.29, 1.82) is 0 Å². The Morgan fingerprint density at radius 1 is 1.26 bits per heavy atom. The van der Waals surface area contributed by atoms with Gasteiger partial charge in [0.15, 0.2) is 4.34 Å². The Hall–Kier alpha value is -0.820. The number of hydrogen-bond donors (Lipinski definition) is 1. The normalized spacial score (nSPS) is 10.6. The van der Waals surface area contributed by atoms with Crippen molar-refractivity contribution < 1.29 is 9.53 Å². The molecular weight excluding hydrogens is 282 g/mol. The smallest absolute Gasteiger partial charge is 0.316 e. The first-order chi connectivity index (χ1) is 9.22. The van der Waals surface area contributed by atoms with E-state index in [-0.39, 0.29) is 11.7 Å². The van der Waals surface area contributed by atoms with E-state index in [2.05, 4.69) is 17.1 Å². The molecule has 1 heterocycles. The third kappa shape index (κ3) is 8.05. The summed E-state index contributed by atoms with van der Waals surface area (Å²) in [5.41, 5.74) is 5.45. The first-order valence-electron chi connectivity index (χ1n) is 6.59. The molecule has 0 fully saturated rings. The zero-order valence-corrected chi connectivity index (χ0v) is 12.9. The molecule has 0 amide bonds. The van der Waals surface area contributed by atoms with Crippen LogP contribution in [0.15, 0.2) is 4.34 Å². The molecule has 0 saturated heterocycles. The maximum absolute atomic E-state index is 11.4. The molecule has 2 N–H and O–H groups in total. The fraction of sp³-hybridized carbons (Fsp3) is 0.750. The van der Waals surface area contributed by atoms with Crippen LogP contribution in [0.3, 0.4) is 0 Å². The number of aromatic nitrogens is 2. The summed E-state index contributed by atoms with van der Waals surface area (Å²) in [6, 6.07) is 0. The highest BCUT2D eigenvalue weighted by atomic mass is 32.2. The minimum absolute atomic E-state index is 0.202. The molecule has 1 aromatic heterocycles. The molecule has 5 nitrogen and oxygen atoms in total. The summed E-state index contributed by atoms with van der Waals surface area (Å²) in [4.78, 5) is 11.4. The van der Waals surface area contributed by atoms with Gasteiger partial charge in [0.05, 0.1) is 12.4 Å². The van der Waals surface area contributed by atoms with E-state index in [1.807, 2.05) is 0 Å². The van der Waals surface area contributed by atoms with Gasteiger partial charge in [-0.25, -0.2) is 0 Å². The standard InChI is InChI=1S/C12H21N3O2S2/c1-2-3-4-5-6-7-8-17-10(16)9-18-12-15-14-11(13)19-12/h2-9H2,1H3,(H2,13,14). The van der Waals surface area contributed by atoms with Gasteiger partial charge in [-0.15, -0.1) is 10.2 Å². The Morgan fingerprint density at radius 3 is 2.68 bits per heavy atom. The SMILES string of the molecule is CCCCCCCCOC(=O)CSc1nnc(N)s1. The van der Waals surface area contributed by atoms with Crippen molar-refractivity contribution >= 4 is 34.2 Å². The first-order valence-corrected chi connectivity index (χ1v) is 8.40. The van der Waals surface area contributed by atoms with Gasteiger partial charge in [-0.3, -0.25) is 4.79 Å². The summed E-state index contributed by atoms with van der Waals surface area (Å²) in [7, 11) is 0. The van der Waals surface area contributed by atoms with Crippen molar-refractivity contribution in [2.75, 3.05) is 18.1 Å². The Kier molecular flexibility index (Phi) is 8.57. The lowest BCUT2D eigenvalue weighted by Crippen LogP contribution is -2.08. The molecule has 0 aliphatic carbocycles. The number of nitrogens with zero attached hydrogens (tertiary/aromatic N) is 2. The molecule has 7 heteroatoms. The molecule has 0 aliphatic heterocycles. The highest BCUT2D eigenvalue weighted by Crippen LogP contribution is 2.23.